The summed E-state index contributed by atoms with van der Waals surface area (Å²) in [6.45, 7) is 0. The van der Waals surface area contributed by atoms with Crippen LogP contribution in [-0.2, 0) is 10.5 Å². The Balaban J connectivity index is 1.57. The first kappa shape index (κ1) is 23.3. The lowest BCUT2D eigenvalue weighted by Gasteiger charge is -2.32. The van der Waals surface area contributed by atoms with Crippen molar-refractivity contribution in [2.45, 2.75) is 36.2 Å². The quantitative estimate of drug-likeness (QED) is 0.368. The Morgan fingerprint density at radius 3 is 2.82 bits per heavy atom. The van der Waals surface area contributed by atoms with Crippen LogP contribution in [0.15, 0.2) is 57.3 Å². The number of thioether (sulfide) groups is 1. The van der Waals surface area contributed by atoms with Gasteiger partial charge in [0.1, 0.15) is 6.04 Å². The van der Waals surface area contributed by atoms with Crippen LogP contribution in [0.3, 0.4) is 0 Å². The molecule has 2 aromatic carbocycles. The lowest BCUT2D eigenvalue weighted by Crippen LogP contribution is -2.31. The number of ketones is 1. The highest BCUT2D eigenvalue weighted by atomic mass is 79.9. The number of nitrogens with one attached hydrogen (secondary N) is 1. The Hall–Kier alpha value is -2.49. The van der Waals surface area contributed by atoms with Crippen LogP contribution < -0.4 is 14.8 Å². The van der Waals surface area contributed by atoms with Gasteiger partial charge in [0.2, 0.25) is 11.1 Å². The van der Waals surface area contributed by atoms with E-state index < -0.39 is 6.04 Å². The predicted molar refractivity (Wildman–Crippen MR) is 136 cm³/mol. The van der Waals surface area contributed by atoms with Gasteiger partial charge in [-0.15, -0.1) is 5.10 Å². The first-order chi connectivity index (χ1) is 16.5. The minimum Gasteiger partial charge on any atom is -0.493 e. The van der Waals surface area contributed by atoms with E-state index in [-0.39, 0.29) is 5.78 Å². The molecule has 0 spiro atoms. The third-order valence-corrected chi connectivity index (χ3v) is 7.78. The zero-order valence-corrected chi connectivity index (χ0v) is 21.8. The van der Waals surface area contributed by atoms with Gasteiger partial charge < -0.3 is 14.8 Å². The standard InChI is InChI=1S/C24H22BrClN4O3S/c1-32-19-11-14(10-15(25)22(19)33-2)21-20-17(8-5-9-18(20)31)27-23-28-24(29-30(21)23)34-12-13-6-3-4-7-16(13)26/h3-4,6-7,10-11,21H,5,8-9,12H2,1-2H3,(H,27,28,29). The molecule has 1 atom stereocenters. The Bertz CT molecular complexity index is 1310. The molecule has 5 rings (SSSR count). The largest absolute Gasteiger partial charge is 0.493 e. The number of hydrogen-bond donors (Lipinski definition) is 1. The van der Waals surface area contributed by atoms with Crippen molar-refractivity contribution >= 4 is 51.0 Å². The van der Waals surface area contributed by atoms with E-state index in [0.717, 1.165) is 39.7 Å². The van der Waals surface area contributed by atoms with Gasteiger partial charge in [-0.05, 0) is 58.1 Å². The van der Waals surface area contributed by atoms with Gasteiger partial charge >= 0.3 is 0 Å². The summed E-state index contributed by atoms with van der Waals surface area (Å²) in [4.78, 5) is 17.8. The second-order valence-corrected chi connectivity index (χ2v) is 10.2. The number of fused-ring (bicyclic) bond motifs is 1. The second kappa shape index (κ2) is 9.64. The number of carbonyl (C=O) groups is 1. The Morgan fingerprint density at radius 2 is 2.06 bits per heavy atom. The van der Waals surface area contributed by atoms with E-state index in [1.165, 1.54) is 11.8 Å². The molecule has 0 amide bonds. The van der Waals surface area contributed by atoms with E-state index in [1.54, 1.807) is 18.9 Å². The van der Waals surface area contributed by atoms with Crippen LogP contribution in [0.25, 0.3) is 0 Å². The summed E-state index contributed by atoms with van der Waals surface area (Å²) >= 11 is 11.4. The molecule has 0 saturated heterocycles. The molecular weight excluding hydrogens is 540 g/mol. The molecule has 2 heterocycles. The maximum atomic E-state index is 13.1. The van der Waals surface area contributed by atoms with Crippen molar-refractivity contribution in [2.75, 3.05) is 19.5 Å². The van der Waals surface area contributed by atoms with Gasteiger partial charge in [0.15, 0.2) is 17.3 Å². The van der Waals surface area contributed by atoms with Gasteiger partial charge in [-0.3, -0.25) is 4.79 Å². The van der Waals surface area contributed by atoms with Crippen LogP contribution in [0.5, 0.6) is 11.5 Å². The molecule has 10 heteroatoms. The molecule has 1 unspecified atom stereocenters. The van der Waals surface area contributed by atoms with Crippen molar-refractivity contribution in [3.63, 3.8) is 0 Å². The topological polar surface area (TPSA) is 78.3 Å². The molecular formula is C24H22BrClN4O3S. The highest BCUT2D eigenvalue weighted by Gasteiger charge is 2.37. The Kier molecular flexibility index (Phi) is 6.59. The molecule has 0 fully saturated rings. The van der Waals surface area contributed by atoms with Gasteiger partial charge in [0.25, 0.3) is 0 Å². The molecule has 7 nitrogen and oxygen atoms in total. The van der Waals surface area contributed by atoms with Crippen LogP contribution in [0.4, 0.5) is 5.95 Å². The molecule has 0 saturated carbocycles. The number of benzene rings is 2. The summed E-state index contributed by atoms with van der Waals surface area (Å²) < 4.78 is 13.6. The number of nitrogens with zero attached hydrogens (tertiary/aromatic N) is 3. The predicted octanol–water partition coefficient (Wildman–Crippen LogP) is 6.03. The molecule has 3 aromatic rings. The smallest absolute Gasteiger partial charge is 0.227 e. The summed E-state index contributed by atoms with van der Waals surface area (Å²) in [5, 5.41) is 9.49. The summed E-state index contributed by atoms with van der Waals surface area (Å²) in [6.07, 6.45) is 2.12. The zero-order chi connectivity index (χ0) is 23.8. The Morgan fingerprint density at radius 1 is 1.24 bits per heavy atom. The second-order valence-electron chi connectivity index (χ2n) is 7.98. The normalized spacial score (nSPS) is 17.2. The van der Waals surface area contributed by atoms with Gasteiger partial charge in [-0.2, -0.15) is 4.98 Å². The van der Waals surface area contributed by atoms with Crippen LogP contribution in [0, 0.1) is 0 Å². The number of aromatic nitrogens is 3. The average Bonchev–Trinajstić information content (AvgIpc) is 3.24. The van der Waals surface area contributed by atoms with Gasteiger partial charge in [0.05, 0.1) is 18.7 Å². The fraction of sp³-hybridized carbons (Fsp3) is 0.292. The minimum absolute atomic E-state index is 0.121. The molecule has 1 aliphatic heterocycles. The maximum absolute atomic E-state index is 13.1. The van der Waals surface area contributed by atoms with E-state index in [1.807, 2.05) is 36.4 Å². The van der Waals surface area contributed by atoms with E-state index in [2.05, 4.69) is 21.2 Å². The molecule has 1 aliphatic carbocycles. The number of anilines is 1. The lowest BCUT2D eigenvalue weighted by molar-refractivity contribution is -0.116. The van der Waals surface area contributed by atoms with E-state index >= 15 is 0 Å². The van der Waals surface area contributed by atoms with Crippen molar-refractivity contribution in [3.8, 4) is 11.5 Å². The number of carbonyl (C=O) groups excluding carboxylic acids is 1. The summed E-state index contributed by atoms with van der Waals surface area (Å²) in [5.41, 5.74) is 3.52. The number of hydrogen-bond acceptors (Lipinski definition) is 7. The minimum atomic E-state index is -0.419. The average molecular weight is 562 g/mol. The highest BCUT2D eigenvalue weighted by Crippen LogP contribution is 2.45. The molecule has 34 heavy (non-hydrogen) atoms. The third kappa shape index (κ3) is 4.21. The fourth-order valence-corrected chi connectivity index (χ4v) is 6.10. The number of rotatable bonds is 6. The number of Topliss-reactive ketones (excluding diaryl/α,β-unsaturated/α-hetero) is 1. The van der Waals surface area contributed by atoms with Crippen LogP contribution >= 0.6 is 39.3 Å². The molecule has 1 aromatic heterocycles. The monoisotopic (exact) mass is 560 g/mol. The van der Waals surface area contributed by atoms with E-state index in [4.69, 9.17) is 31.2 Å². The Labute approximate surface area is 215 Å². The highest BCUT2D eigenvalue weighted by molar-refractivity contribution is 9.10. The van der Waals surface area contributed by atoms with Crippen molar-refractivity contribution in [3.05, 3.63) is 68.3 Å². The fourth-order valence-electron chi connectivity index (χ4n) is 4.36. The lowest BCUT2D eigenvalue weighted by atomic mass is 9.85. The molecule has 0 bridgehead atoms. The molecule has 2 aliphatic rings. The van der Waals surface area contributed by atoms with Crippen molar-refractivity contribution in [1.82, 2.24) is 14.8 Å². The van der Waals surface area contributed by atoms with Crippen LogP contribution in [0.2, 0.25) is 5.02 Å². The molecule has 1 N–H and O–H groups in total. The number of halogens is 2. The summed E-state index contributed by atoms with van der Waals surface area (Å²) in [5.74, 6) is 2.55. The first-order valence-corrected chi connectivity index (χ1v) is 12.9. The summed E-state index contributed by atoms with van der Waals surface area (Å²) in [7, 11) is 3.19. The zero-order valence-electron chi connectivity index (χ0n) is 18.6. The van der Waals surface area contributed by atoms with Crippen LogP contribution in [0.1, 0.15) is 36.4 Å². The van der Waals surface area contributed by atoms with Crippen LogP contribution in [-0.4, -0.2) is 34.8 Å². The molecule has 0 radical (unpaired) electrons. The van der Waals surface area contributed by atoms with E-state index in [0.29, 0.717) is 39.8 Å². The third-order valence-electron chi connectivity index (χ3n) is 5.93. The first-order valence-electron chi connectivity index (χ1n) is 10.8. The van der Waals surface area contributed by atoms with Crippen molar-refractivity contribution < 1.29 is 14.3 Å². The SMILES string of the molecule is COc1cc(C2C3=C(CCCC3=O)Nc3nc(SCc4ccccc4Cl)nn32)cc(Br)c1OC. The number of allylic oxidation sites excluding steroid dienone is 2. The van der Waals surface area contributed by atoms with Gasteiger partial charge in [0, 0.05) is 28.5 Å². The van der Waals surface area contributed by atoms with Gasteiger partial charge in [-0.1, -0.05) is 41.6 Å². The van der Waals surface area contributed by atoms with E-state index in [9.17, 15) is 4.79 Å². The number of methoxy groups -OCH3 is 2. The number of ether oxygens (including phenoxy) is 2. The molecule has 176 valence electrons. The van der Waals surface area contributed by atoms with Gasteiger partial charge in [-0.25, -0.2) is 4.68 Å². The summed E-state index contributed by atoms with van der Waals surface area (Å²) in [6, 6.07) is 11.2. The van der Waals surface area contributed by atoms with Crippen molar-refractivity contribution in [2.24, 2.45) is 0 Å². The maximum Gasteiger partial charge on any atom is 0.227 e. The van der Waals surface area contributed by atoms with Crippen molar-refractivity contribution in [1.29, 1.82) is 0 Å².